The Morgan fingerprint density at radius 1 is 0.973 bits per heavy atom. The molecule has 198 valence electrons. The molecule has 1 amide bonds. The molecule has 0 aromatic carbocycles. The SMILES string of the molecule is O=C(Nc1cc2oc(N3CCOCC3)nc2nc1N1CCCCC1)c1cccc(N2CC[C@H](O)C2)n1.S. The second kappa shape index (κ2) is 11.1. The molecule has 37 heavy (non-hydrogen) atoms. The number of pyridine rings is 2. The Balaban J connectivity index is 0.00000280. The molecule has 3 aliphatic rings. The largest absolute Gasteiger partial charge is 0.422 e. The molecule has 3 aromatic heterocycles. The van der Waals surface area contributed by atoms with Gasteiger partial charge in [-0.25, -0.2) is 9.97 Å². The average molecular weight is 528 g/mol. The Labute approximate surface area is 222 Å². The molecule has 6 heterocycles. The van der Waals surface area contributed by atoms with E-state index in [1.165, 1.54) is 6.42 Å². The van der Waals surface area contributed by atoms with Crippen LogP contribution in [0.1, 0.15) is 36.2 Å². The second-order valence-corrected chi connectivity index (χ2v) is 9.55. The maximum Gasteiger partial charge on any atom is 0.300 e. The molecule has 3 fully saturated rings. The quantitative estimate of drug-likeness (QED) is 0.512. The van der Waals surface area contributed by atoms with E-state index >= 15 is 0 Å². The summed E-state index contributed by atoms with van der Waals surface area (Å²) >= 11 is 0. The van der Waals surface area contributed by atoms with Crippen LogP contribution in [0.5, 0.6) is 0 Å². The van der Waals surface area contributed by atoms with E-state index < -0.39 is 0 Å². The highest BCUT2D eigenvalue weighted by molar-refractivity contribution is 7.59. The van der Waals surface area contributed by atoms with E-state index in [4.69, 9.17) is 14.1 Å². The van der Waals surface area contributed by atoms with Crippen LogP contribution >= 0.6 is 13.5 Å². The third-order valence-electron chi connectivity index (χ3n) is 6.99. The number of aliphatic hydroxyl groups is 1. The Hall–Kier alpha value is -3.09. The van der Waals surface area contributed by atoms with Gasteiger partial charge in [0.05, 0.1) is 25.0 Å². The number of β-amino-alcohol motifs (C(OH)–C–C–N with tert-alkyl or cyclic N) is 1. The summed E-state index contributed by atoms with van der Waals surface area (Å²) in [6.07, 6.45) is 3.69. The van der Waals surface area contributed by atoms with Crippen molar-refractivity contribution < 1.29 is 19.1 Å². The van der Waals surface area contributed by atoms with Crippen molar-refractivity contribution in [2.75, 3.05) is 72.5 Å². The number of rotatable bonds is 5. The molecule has 0 aliphatic carbocycles. The van der Waals surface area contributed by atoms with Gasteiger partial charge in [0.1, 0.15) is 11.5 Å². The average Bonchev–Trinajstić information content (AvgIpc) is 3.55. The molecule has 2 N–H and O–H groups in total. The van der Waals surface area contributed by atoms with Gasteiger partial charge in [-0.2, -0.15) is 18.5 Å². The van der Waals surface area contributed by atoms with Crippen molar-refractivity contribution in [3.63, 3.8) is 0 Å². The number of nitrogens with one attached hydrogen (secondary N) is 1. The third-order valence-corrected chi connectivity index (χ3v) is 6.99. The molecule has 3 aromatic rings. The molecule has 3 saturated heterocycles. The van der Waals surface area contributed by atoms with Crippen LogP contribution < -0.4 is 20.0 Å². The van der Waals surface area contributed by atoms with Crippen molar-refractivity contribution in [1.29, 1.82) is 0 Å². The number of carbonyl (C=O) groups excluding carboxylic acids is 1. The lowest BCUT2D eigenvalue weighted by molar-refractivity contribution is 0.102. The number of hydrogen-bond acceptors (Lipinski definition) is 10. The van der Waals surface area contributed by atoms with E-state index in [1.807, 2.05) is 23.1 Å². The number of morpholine rings is 1. The number of nitrogens with zero attached hydrogens (tertiary/aromatic N) is 6. The van der Waals surface area contributed by atoms with Crippen molar-refractivity contribution in [3.05, 3.63) is 30.0 Å². The Morgan fingerprint density at radius 3 is 2.54 bits per heavy atom. The molecule has 0 saturated carbocycles. The van der Waals surface area contributed by atoms with Gasteiger partial charge in [-0.3, -0.25) is 4.79 Å². The van der Waals surface area contributed by atoms with Crippen LogP contribution in [-0.2, 0) is 4.74 Å². The van der Waals surface area contributed by atoms with Gasteiger partial charge in [0.2, 0.25) is 5.65 Å². The lowest BCUT2D eigenvalue weighted by Gasteiger charge is -2.29. The normalized spacial score (nSPS) is 20.2. The molecule has 3 aliphatic heterocycles. The number of amides is 1. The minimum Gasteiger partial charge on any atom is -0.422 e. The zero-order chi connectivity index (χ0) is 24.5. The van der Waals surface area contributed by atoms with E-state index in [-0.39, 0.29) is 25.5 Å². The van der Waals surface area contributed by atoms with Gasteiger partial charge < -0.3 is 34.3 Å². The second-order valence-electron chi connectivity index (χ2n) is 9.55. The van der Waals surface area contributed by atoms with Gasteiger partial charge in [-0.05, 0) is 37.8 Å². The maximum atomic E-state index is 13.3. The number of hydrogen-bond donors (Lipinski definition) is 2. The van der Waals surface area contributed by atoms with Crippen LogP contribution in [0.15, 0.2) is 28.7 Å². The number of carbonyl (C=O) groups is 1. The minimum absolute atomic E-state index is 0. The van der Waals surface area contributed by atoms with Gasteiger partial charge in [-0.1, -0.05) is 6.07 Å². The predicted molar refractivity (Wildman–Crippen MR) is 146 cm³/mol. The molecular formula is C25H33N7O4S. The fourth-order valence-corrected chi connectivity index (χ4v) is 5.03. The summed E-state index contributed by atoms with van der Waals surface area (Å²) in [6, 6.07) is 7.73. The first-order valence-electron chi connectivity index (χ1n) is 12.7. The summed E-state index contributed by atoms with van der Waals surface area (Å²) < 4.78 is 11.5. The van der Waals surface area contributed by atoms with E-state index in [0.717, 1.165) is 32.5 Å². The van der Waals surface area contributed by atoms with Crippen LogP contribution in [0.25, 0.3) is 11.2 Å². The first kappa shape index (κ1) is 25.6. The summed E-state index contributed by atoms with van der Waals surface area (Å²) in [5.41, 5.74) is 1.95. The topological polar surface area (TPSA) is 120 Å². The maximum absolute atomic E-state index is 13.3. The third kappa shape index (κ3) is 5.46. The van der Waals surface area contributed by atoms with Crippen molar-refractivity contribution in [2.24, 2.45) is 0 Å². The highest BCUT2D eigenvalue weighted by atomic mass is 32.1. The standard InChI is InChI=1S/C25H31N7O4.H2S/c33-17-7-10-32(16-17)21-6-4-5-18(26-21)24(34)27-19-15-20-22(28-23(19)30-8-2-1-3-9-30)29-25(36-20)31-11-13-35-14-12-31;/h4-6,15,17,33H,1-3,7-14,16H2,(H,27,34);1H2/t17-;/m0./s1. The van der Waals surface area contributed by atoms with Crippen molar-refractivity contribution in [2.45, 2.75) is 31.8 Å². The molecule has 0 radical (unpaired) electrons. The monoisotopic (exact) mass is 527 g/mol. The van der Waals surface area contributed by atoms with E-state index in [1.54, 1.807) is 6.07 Å². The van der Waals surface area contributed by atoms with Crippen LogP contribution in [0, 0.1) is 0 Å². The van der Waals surface area contributed by atoms with Gasteiger partial charge >= 0.3 is 0 Å². The molecule has 6 rings (SSSR count). The van der Waals surface area contributed by atoms with Crippen LogP contribution in [-0.4, -0.2) is 84.6 Å². The van der Waals surface area contributed by atoms with Gasteiger partial charge in [0.25, 0.3) is 11.9 Å². The molecule has 12 heteroatoms. The van der Waals surface area contributed by atoms with Crippen molar-refractivity contribution in [1.82, 2.24) is 15.0 Å². The number of oxazole rings is 1. The zero-order valence-corrected chi connectivity index (χ0v) is 21.7. The van der Waals surface area contributed by atoms with Crippen molar-refractivity contribution in [3.8, 4) is 0 Å². The number of ether oxygens (including phenoxy) is 1. The van der Waals surface area contributed by atoms with Crippen LogP contribution in [0.2, 0.25) is 0 Å². The lowest BCUT2D eigenvalue weighted by Crippen LogP contribution is -2.36. The Morgan fingerprint density at radius 2 is 1.78 bits per heavy atom. The van der Waals surface area contributed by atoms with Crippen LogP contribution in [0.4, 0.5) is 23.3 Å². The minimum atomic E-state index is -0.363. The molecule has 0 spiro atoms. The van der Waals surface area contributed by atoms with E-state index in [0.29, 0.717) is 79.5 Å². The summed E-state index contributed by atoms with van der Waals surface area (Å²) in [5, 5.41) is 12.9. The van der Waals surface area contributed by atoms with E-state index in [9.17, 15) is 9.90 Å². The van der Waals surface area contributed by atoms with Gasteiger partial charge in [0.15, 0.2) is 11.4 Å². The first-order chi connectivity index (χ1) is 17.6. The van der Waals surface area contributed by atoms with Crippen LogP contribution in [0.3, 0.4) is 0 Å². The molecule has 11 nitrogen and oxygen atoms in total. The lowest BCUT2D eigenvalue weighted by atomic mass is 10.1. The predicted octanol–water partition coefficient (Wildman–Crippen LogP) is 2.38. The summed E-state index contributed by atoms with van der Waals surface area (Å²) in [7, 11) is 0. The Kier molecular flexibility index (Phi) is 7.68. The summed E-state index contributed by atoms with van der Waals surface area (Å²) in [6.45, 7) is 5.69. The zero-order valence-electron chi connectivity index (χ0n) is 20.7. The first-order valence-corrected chi connectivity index (χ1v) is 12.7. The molecular weight excluding hydrogens is 494 g/mol. The number of aliphatic hydroxyl groups excluding tert-OH is 1. The number of aromatic nitrogens is 3. The summed E-state index contributed by atoms with van der Waals surface area (Å²) in [5.74, 6) is 1.08. The number of piperidine rings is 1. The van der Waals surface area contributed by atoms with Crippen molar-refractivity contribution >= 4 is 54.0 Å². The molecule has 0 unspecified atom stereocenters. The van der Waals surface area contributed by atoms with E-state index in [2.05, 4.69) is 25.1 Å². The molecule has 1 atom stereocenters. The smallest absolute Gasteiger partial charge is 0.300 e. The summed E-state index contributed by atoms with van der Waals surface area (Å²) in [4.78, 5) is 33.6. The fourth-order valence-electron chi connectivity index (χ4n) is 5.03. The fraction of sp³-hybridized carbons (Fsp3) is 0.520. The van der Waals surface area contributed by atoms with Gasteiger partial charge in [0, 0.05) is 45.3 Å². The molecule has 0 bridgehead atoms. The number of fused-ring (bicyclic) bond motifs is 1. The Bertz CT molecular complexity index is 1240. The van der Waals surface area contributed by atoms with Gasteiger partial charge in [-0.15, -0.1) is 0 Å². The highest BCUT2D eigenvalue weighted by Crippen LogP contribution is 2.32. The number of anilines is 4. The highest BCUT2D eigenvalue weighted by Gasteiger charge is 2.25.